The Balaban J connectivity index is 1.13. The molecule has 3 aromatic heterocycles. The molecule has 0 saturated carbocycles. The predicted octanol–water partition coefficient (Wildman–Crippen LogP) is 0.0926. The van der Waals surface area contributed by atoms with Crippen LogP contribution < -0.4 is 30.5 Å². The summed E-state index contributed by atoms with van der Waals surface area (Å²) in [6.07, 6.45) is 10.5. The van der Waals surface area contributed by atoms with E-state index in [4.69, 9.17) is 11.5 Å². The predicted molar refractivity (Wildman–Crippen MR) is 204 cm³/mol. The number of nitrogens with one attached hydrogen (secondary N) is 1. The van der Waals surface area contributed by atoms with Gasteiger partial charge in [0.1, 0.15) is 42.5 Å². The molecule has 3 aliphatic heterocycles. The van der Waals surface area contributed by atoms with Crippen LogP contribution in [0.25, 0.3) is 11.4 Å². The molecule has 6 amide bonds. The van der Waals surface area contributed by atoms with Crippen LogP contribution in [0.1, 0.15) is 70.4 Å². The van der Waals surface area contributed by atoms with E-state index in [1.54, 1.807) is 28.1 Å². The van der Waals surface area contributed by atoms with Gasteiger partial charge in [-0.15, -0.1) is 0 Å². The lowest BCUT2D eigenvalue weighted by Crippen LogP contribution is -2.54. The number of likely N-dealkylation sites (tertiary alicyclic amines) is 3. The lowest BCUT2D eigenvalue weighted by molar-refractivity contribution is -0.699. The van der Waals surface area contributed by atoms with E-state index in [0.29, 0.717) is 81.5 Å². The number of nitrogens with zero attached hydrogens (tertiary/aromatic N) is 6. The number of aryl methyl sites for hydroxylation is 1. The molecular formula is C42H48N9O6+3. The molecule has 294 valence electrons. The minimum Gasteiger partial charge on any atom is -0.368 e. The smallest absolute Gasteiger partial charge is 0.290 e. The van der Waals surface area contributed by atoms with Gasteiger partial charge >= 0.3 is 0 Å². The Morgan fingerprint density at radius 1 is 0.754 bits per heavy atom. The molecule has 3 fully saturated rings. The first-order valence-electron chi connectivity index (χ1n) is 19.3. The third-order valence-electron chi connectivity index (χ3n) is 11.3. The first kappa shape index (κ1) is 38.8. The highest BCUT2D eigenvalue weighted by Gasteiger charge is 2.42. The van der Waals surface area contributed by atoms with Crippen molar-refractivity contribution in [2.75, 3.05) is 13.1 Å². The summed E-state index contributed by atoms with van der Waals surface area (Å²) in [6, 6.07) is 18.9. The van der Waals surface area contributed by atoms with E-state index in [2.05, 4.69) is 11.4 Å². The molecule has 4 aromatic rings. The number of hydrogen-bond acceptors (Lipinski definition) is 6. The number of benzene rings is 1. The number of amides is 6. The molecule has 6 heterocycles. The second-order valence-electron chi connectivity index (χ2n) is 15.0. The summed E-state index contributed by atoms with van der Waals surface area (Å²) in [4.78, 5) is 81.7. The van der Waals surface area contributed by atoms with Crippen molar-refractivity contribution in [3.8, 4) is 11.4 Å². The Kier molecular flexibility index (Phi) is 11.3. The molecule has 15 heteroatoms. The SMILES string of the molecule is C[n+]1ccccc1-c1c(C(=O)N2CCCC2C(=O)NC2CCC(C(N)=O)N2C=O)ccc[n+]1Cc1cccc(C[n+]2cccc(C(=O)N3CCCC3C(N)=O)c2)c1. The maximum Gasteiger partial charge on any atom is 0.290 e. The van der Waals surface area contributed by atoms with E-state index in [1.165, 1.54) is 4.90 Å². The Morgan fingerprint density at radius 2 is 1.46 bits per heavy atom. The van der Waals surface area contributed by atoms with Gasteiger partial charge in [0.15, 0.2) is 37.9 Å². The zero-order valence-electron chi connectivity index (χ0n) is 31.9. The summed E-state index contributed by atoms with van der Waals surface area (Å²) in [7, 11) is 1.92. The lowest BCUT2D eigenvalue weighted by atomic mass is 10.1. The fourth-order valence-electron chi connectivity index (χ4n) is 8.47. The summed E-state index contributed by atoms with van der Waals surface area (Å²) < 4.78 is 5.93. The van der Waals surface area contributed by atoms with E-state index in [0.717, 1.165) is 23.2 Å². The monoisotopic (exact) mass is 774 g/mol. The highest BCUT2D eigenvalue weighted by atomic mass is 16.2. The second kappa shape index (κ2) is 16.7. The number of nitrogens with two attached hydrogens (primary N) is 2. The maximum absolute atomic E-state index is 14.6. The zero-order chi connectivity index (χ0) is 40.2. The average molecular weight is 775 g/mol. The number of hydrogen-bond donors (Lipinski definition) is 3. The van der Waals surface area contributed by atoms with Crippen LogP contribution >= 0.6 is 0 Å². The molecule has 3 saturated heterocycles. The Morgan fingerprint density at radius 3 is 2.18 bits per heavy atom. The van der Waals surface area contributed by atoms with Crippen molar-refractivity contribution in [3.63, 3.8) is 0 Å². The van der Waals surface area contributed by atoms with Gasteiger partial charge in [-0.3, -0.25) is 28.8 Å². The number of primary amides is 2. The van der Waals surface area contributed by atoms with Crippen molar-refractivity contribution >= 4 is 35.9 Å². The van der Waals surface area contributed by atoms with Crippen molar-refractivity contribution in [2.45, 2.75) is 75.9 Å². The van der Waals surface area contributed by atoms with Gasteiger partial charge in [-0.1, -0.05) is 18.2 Å². The van der Waals surface area contributed by atoms with Gasteiger partial charge in [0.05, 0.1) is 0 Å². The fraction of sp³-hybridized carbons (Fsp3) is 0.357. The fourth-order valence-corrected chi connectivity index (χ4v) is 8.47. The Bertz CT molecular complexity index is 2230. The largest absolute Gasteiger partial charge is 0.368 e. The van der Waals surface area contributed by atoms with Crippen molar-refractivity contribution in [2.24, 2.45) is 18.5 Å². The minimum atomic E-state index is -0.789. The third-order valence-corrected chi connectivity index (χ3v) is 11.3. The minimum absolute atomic E-state index is 0.218. The molecule has 4 unspecified atom stereocenters. The molecule has 0 aliphatic carbocycles. The van der Waals surface area contributed by atoms with Crippen LogP contribution in [0.5, 0.6) is 0 Å². The second-order valence-corrected chi connectivity index (χ2v) is 15.0. The molecule has 0 bridgehead atoms. The van der Waals surface area contributed by atoms with Gasteiger partial charge in [-0.2, -0.15) is 13.7 Å². The number of carbonyl (C=O) groups is 6. The highest BCUT2D eigenvalue weighted by Crippen LogP contribution is 2.27. The molecule has 5 N–H and O–H groups in total. The van der Waals surface area contributed by atoms with Crippen LogP contribution in [0.3, 0.4) is 0 Å². The zero-order valence-corrected chi connectivity index (χ0v) is 31.9. The Labute approximate surface area is 330 Å². The van der Waals surface area contributed by atoms with Crippen LogP contribution in [-0.4, -0.2) is 88.0 Å². The first-order valence-corrected chi connectivity index (χ1v) is 19.3. The van der Waals surface area contributed by atoms with Gasteiger partial charge in [0.25, 0.3) is 23.2 Å². The first-order chi connectivity index (χ1) is 27.5. The summed E-state index contributed by atoms with van der Waals surface area (Å²) in [5.74, 6) is -2.00. The maximum atomic E-state index is 14.6. The molecule has 15 nitrogen and oxygen atoms in total. The lowest BCUT2D eigenvalue weighted by Gasteiger charge is -2.29. The molecular weight excluding hydrogens is 727 g/mol. The van der Waals surface area contributed by atoms with Crippen LogP contribution in [0.4, 0.5) is 0 Å². The summed E-state index contributed by atoms with van der Waals surface area (Å²) in [6.45, 7) is 1.80. The molecule has 4 atom stereocenters. The molecule has 57 heavy (non-hydrogen) atoms. The Hall–Kier alpha value is -6.51. The van der Waals surface area contributed by atoms with E-state index in [9.17, 15) is 28.8 Å². The van der Waals surface area contributed by atoms with Gasteiger partial charge < -0.3 is 31.5 Å². The number of pyridine rings is 3. The normalized spacial score (nSPS) is 20.4. The van der Waals surface area contributed by atoms with E-state index in [-0.39, 0.29) is 17.7 Å². The highest BCUT2D eigenvalue weighted by molar-refractivity contribution is 6.01. The van der Waals surface area contributed by atoms with Crippen LogP contribution in [-0.2, 0) is 39.3 Å². The van der Waals surface area contributed by atoms with Crippen LogP contribution in [0, 0.1) is 0 Å². The van der Waals surface area contributed by atoms with E-state index in [1.807, 2.05) is 87.9 Å². The summed E-state index contributed by atoms with van der Waals surface area (Å²) in [5.41, 5.74) is 15.5. The van der Waals surface area contributed by atoms with Crippen molar-refractivity contribution in [3.05, 3.63) is 114 Å². The average Bonchev–Trinajstić information content (AvgIpc) is 3.99. The standard InChI is InChI=1S/C42H45N9O6/c1-46-18-3-2-13-32(46)37-31(42(57)50-22-8-15-35(50)40(55)45-36-17-16-34(39(44)54)51(36)27-52)12-6-20-48(37)25-29-10-4-9-28(23-29)24-47-19-5-11-30(26-47)41(56)49-21-7-14-33(49)38(43)53/h2-6,9-13,18-20,23,26-27,33-36H,7-8,14-17,21-22,24-25H2,1H3,(H2-3,43,44,45,53,54,55)/p+3. The van der Waals surface area contributed by atoms with E-state index < -0.39 is 36.1 Å². The quantitative estimate of drug-likeness (QED) is 0.135. The topological polar surface area (TPSA) is 188 Å². The van der Waals surface area contributed by atoms with Gasteiger partial charge in [0, 0.05) is 48.5 Å². The van der Waals surface area contributed by atoms with Gasteiger partial charge in [-0.05, 0) is 62.8 Å². The molecule has 0 radical (unpaired) electrons. The summed E-state index contributed by atoms with van der Waals surface area (Å²) in [5, 5.41) is 2.90. The van der Waals surface area contributed by atoms with Crippen molar-refractivity contribution in [1.82, 2.24) is 20.0 Å². The molecule has 3 aliphatic rings. The number of carbonyl (C=O) groups excluding carboxylic acids is 6. The number of rotatable bonds is 12. The van der Waals surface area contributed by atoms with Gasteiger partial charge in [-0.25, -0.2) is 0 Å². The molecule has 1 aromatic carbocycles. The van der Waals surface area contributed by atoms with Crippen LogP contribution in [0.2, 0.25) is 0 Å². The van der Waals surface area contributed by atoms with Crippen molar-refractivity contribution in [1.29, 1.82) is 0 Å². The van der Waals surface area contributed by atoms with Crippen LogP contribution in [0.15, 0.2) is 91.5 Å². The summed E-state index contributed by atoms with van der Waals surface area (Å²) >= 11 is 0. The third kappa shape index (κ3) is 8.09. The van der Waals surface area contributed by atoms with Gasteiger partial charge in [0.2, 0.25) is 24.1 Å². The van der Waals surface area contributed by atoms with Crippen molar-refractivity contribution < 1.29 is 42.5 Å². The molecule has 0 spiro atoms. The van der Waals surface area contributed by atoms with E-state index >= 15 is 0 Å². The molecule has 7 rings (SSSR count). The number of aromatic nitrogens is 3.